The summed E-state index contributed by atoms with van der Waals surface area (Å²) in [4.78, 5) is 16.6. The third kappa shape index (κ3) is 12.4. The molecule has 0 spiro atoms. The van der Waals surface area contributed by atoms with E-state index in [9.17, 15) is 9.18 Å². The van der Waals surface area contributed by atoms with Gasteiger partial charge in [-0.1, -0.05) is 95.8 Å². The SMILES string of the molecule is Br.CCCCCCCCCCCCCCOc1c(F)cccc1C(=O)Nc1cccc(CN2C=C(C)SC2)c1. The maximum absolute atomic E-state index is 14.6. The number of hydrogen-bond donors (Lipinski definition) is 1. The Hall–Kier alpha value is -1.99. The topological polar surface area (TPSA) is 41.6 Å². The minimum Gasteiger partial charge on any atom is -0.490 e. The zero-order valence-corrected chi connectivity index (χ0v) is 26.2. The summed E-state index contributed by atoms with van der Waals surface area (Å²) >= 11 is 1.82. The molecular formula is C32H46BrFN2O2S. The zero-order chi connectivity index (χ0) is 27.0. The summed E-state index contributed by atoms with van der Waals surface area (Å²) in [6, 6.07) is 12.3. The van der Waals surface area contributed by atoms with Gasteiger partial charge in [-0.05, 0) is 48.1 Å². The minimum atomic E-state index is -0.501. The molecule has 1 aliphatic rings. The van der Waals surface area contributed by atoms with Crippen LogP contribution in [0.25, 0.3) is 0 Å². The molecule has 39 heavy (non-hydrogen) atoms. The number of thioether (sulfide) groups is 1. The number of nitrogens with zero attached hydrogens (tertiary/aromatic N) is 1. The van der Waals surface area contributed by atoms with Crippen molar-refractivity contribution in [1.82, 2.24) is 4.90 Å². The van der Waals surface area contributed by atoms with E-state index in [0.717, 1.165) is 30.8 Å². The maximum atomic E-state index is 14.6. The Kier molecular flexibility index (Phi) is 16.3. The molecule has 1 amide bonds. The Balaban J connectivity index is 0.00000533. The first-order chi connectivity index (χ1) is 18.6. The van der Waals surface area contributed by atoms with Gasteiger partial charge < -0.3 is 15.0 Å². The fourth-order valence-electron chi connectivity index (χ4n) is 4.74. The summed E-state index contributed by atoms with van der Waals surface area (Å²) in [5.74, 6) is 0.114. The number of anilines is 1. The van der Waals surface area contributed by atoms with Crippen LogP contribution in [0.5, 0.6) is 5.75 Å². The highest BCUT2D eigenvalue weighted by Gasteiger charge is 2.17. The van der Waals surface area contributed by atoms with Gasteiger partial charge in [-0.25, -0.2) is 4.39 Å². The maximum Gasteiger partial charge on any atom is 0.259 e. The van der Waals surface area contributed by atoms with Crippen LogP contribution in [0, 0.1) is 5.82 Å². The number of hydrogen-bond acceptors (Lipinski definition) is 4. The summed E-state index contributed by atoms with van der Waals surface area (Å²) in [7, 11) is 0. The van der Waals surface area contributed by atoms with Crippen molar-refractivity contribution in [3.05, 3.63) is 70.5 Å². The van der Waals surface area contributed by atoms with E-state index in [1.54, 1.807) is 12.1 Å². The Bertz CT molecular complexity index is 1030. The lowest BCUT2D eigenvalue weighted by Crippen LogP contribution is -2.16. The highest BCUT2D eigenvalue weighted by Crippen LogP contribution is 2.27. The van der Waals surface area contributed by atoms with Crippen LogP contribution in [0.4, 0.5) is 10.1 Å². The normalized spacial score (nSPS) is 12.7. The molecule has 4 nitrogen and oxygen atoms in total. The van der Waals surface area contributed by atoms with Crippen molar-refractivity contribution in [2.45, 2.75) is 97.4 Å². The van der Waals surface area contributed by atoms with E-state index in [-0.39, 0.29) is 34.2 Å². The van der Waals surface area contributed by atoms with Gasteiger partial charge in [0.25, 0.3) is 5.91 Å². The predicted octanol–water partition coefficient (Wildman–Crippen LogP) is 10.1. The summed E-state index contributed by atoms with van der Waals surface area (Å²) in [6.45, 7) is 5.56. The fraction of sp³-hybridized carbons (Fsp3) is 0.531. The van der Waals surface area contributed by atoms with Crippen molar-refractivity contribution in [3.63, 3.8) is 0 Å². The van der Waals surface area contributed by atoms with Gasteiger partial charge in [0.2, 0.25) is 0 Å². The average molecular weight is 622 g/mol. The highest BCUT2D eigenvalue weighted by molar-refractivity contribution is 8.93. The number of carbonyl (C=O) groups is 1. The Morgan fingerprint density at radius 2 is 1.59 bits per heavy atom. The van der Waals surface area contributed by atoms with Gasteiger partial charge in [0.1, 0.15) is 0 Å². The molecule has 1 N–H and O–H groups in total. The molecule has 7 heteroatoms. The molecule has 1 heterocycles. The molecule has 0 aromatic heterocycles. The van der Waals surface area contributed by atoms with Gasteiger partial charge in [0.15, 0.2) is 11.6 Å². The number of halogens is 2. The second-order valence-electron chi connectivity index (χ2n) is 10.3. The number of unbranched alkanes of at least 4 members (excludes halogenated alkanes) is 11. The van der Waals surface area contributed by atoms with Crippen molar-refractivity contribution >= 4 is 40.3 Å². The number of ether oxygens (including phenoxy) is 1. The second kappa shape index (κ2) is 19.1. The van der Waals surface area contributed by atoms with Crippen LogP contribution in [0.2, 0.25) is 0 Å². The fourth-order valence-corrected chi connectivity index (χ4v) is 5.50. The first-order valence-corrected chi connectivity index (χ1v) is 15.4. The quantitative estimate of drug-likeness (QED) is 0.168. The molecule has 2 aromatic carbocycles. The van der Waals surface area contributed by atoms with Gasteiger partial charge in [0, 0.05) is 18.4 Å². The molecule has 1 aliphatic heterocycles. The van der Waals surface area contributed by atoms with E-state index < -0.39 is 5.82 Å². The standard InChI is InChI=1S/C32H45FN2O2S.BrH/c1-3-4-5-6-7-8-9-10-11-12-13-14-21-37-31-29(19-16-20-30(31)33)32(36)34-28-18-15-17-27(22-28)24-35-23-26(2)38-25-35;/h15-20,22-23H,3-14,21,24-25H2,1-2H3,(H,34,36);1H. The second-order valence-corrected chi connectivity index (χ2v) is 11.5. The summed E-state index contributed by atoms with van der Waals surface area (Å²) in [5, 5.41) is 2.92. The highest BCUT2D eigenvalue weighted by atomic mass is 79.9. The van der Waals surface area contributed by atoms with E-state index in [0.29, 0.717) is 12.3 Å². The van der Waals surface area contributed by atoms with E-state index in [1.165, 1.54) is 75.2 Å². The third-order valence-electron chi connectivity index (χ3n) is 6.85. The van der Waals surface area contributed by atoms with Gasteiger partial charge in [-0.2, -0.15) is 0 Å². The van der Waals surface area contributed by atoms with E-state index >= 15 is 0 Å². The molecule has 0 saturated heterocycles. The Morgan fingerprint density at radius 1 is 0.949 bits per heavy atom. The van der Waals surface area contributed by atoms with Crippen molar-refractivity contribution < 1.29 is 13.9 Å². The summed E-state index contributed by atoms with van der Waals surface area (Å²) in [5.41, 5.74) is 2.03. The molecule has 2 aromatic rings. The molecule has 0 bridgehead atoms. The molecular weight excluding hydrogens is 575 g/mol. The Morgan fingerprint density at radius 3 is 2.23 bits per heavy atom. The number of amides is 1. The van der Waals surface area contributed by atoms with Crippen LogP contribution in [-0.4, -0.2) is 23.3 Å². The smallest absolute Gasteiger partial charge is 0.259 e. The monoisotopic (exact) mass is 620 g/mol. The molecule has 0 unspecified atom stereocenters. The van der Waals surface area contributed by atoms with Gasteiger partial charge >= 0.3 is 0 Å². The van der Waals surface area contributed by atoms with Crippen LogP contribution >= 0.6 is 28.7 Å². The van der Waals surface area contributed by atoms with Gasteiger partial charge in [-0.3, -0.25) is 4.79 Å². The molecule has 0 fully saturated rings. The van der Waals surface area contributed by atoms with Crippen LogP contribution < -0.4 is 10.1 Å². The van der Waals surface area contributed by atoms with Crippen molar-refractivity contribution in [2.75, 3.05) is 17.8 Å². The first-order valence-electron chi connectivity index (χ1n) is 14.4. The Labute approximate surface area is 249 Å². The average Bonchev–Trinajstić information content (AvgIpc) is 3.31. The minimum absolute atomic E-state index is 0. The number of benzene rings is 2. The molecule has 0 saturated carbocycles. The van der Waals surface area contributed by atoms with Crippen LogP contribution in [0.15, 0.2) is 53.6 Å². The zero-order valence-electron chi connectivity index (χ0n) is 23.7. The van der Waals surface area contributed by atoms with E-state index in [2.05, 4.69) is 30.3 Å². The third-order valence-corrected chi connectivity index (χ3v) is 7.87. The summed E-state index contributed by atoms with van der Waals surface area (Å²) < 4.78 is 20.4. The van der Waals surface area contributed by atoms with Crippen LogP contribution in [0.1, 0.15) is 107 Å². The molecule has 0 aliphatic carbocycles. The number of allylic oxidation sites excluding steroid dienone is 1. The lowest BCUT2D eigenvalue weighted by Gasteiger charge is -2.16. The molecule has 0 atom stereocenters. The number of nitrogens with one attached hydrogen (secondary N) is 1. The lowest BCUT2D eigenvalue weighted by atomic mass is 10.1. The largest absolute Gasteiger partial charge is 0.490 e. The van der Waals surface area contributed by atoms with Crippen LogP contribution in [0.3, 0.4) is 0 Å². The van der Waals surface area contributed by atoms with Crippen molar-refractivity contribution in [3.8, 4) is 5.75 Å². The summed E-state index contributed by atoms with van der Waals surface area (Å²) in [6.07, 6.45) is 17.3. The van der Waals surface area contributed by atoms with Crippen LogP contribution in [-0.2, 0) is 6.54 Å². The number of carbonyl (C=O) groups excluding carboxylic acids is 1. The molecule has 0 radical (unpaired) electrons. The first kappa shape index (κ1) is 33.2. The van der Waals surface area contributed by atoms with Crippen molar-refractivity contribution in [1.29, 1.82) is 0 Å². The van der Waals surface area contributed by atoms with Crippen molar-refractivity contribution in [2.24, 2.45) is 0 Å². The number of para-hydroxylation sites is 1. The molecule has 216 valence electrons. The number of rotatable bonds is 18. The van der Waals surface area contributed by atoms with E-state index in [4.69, 9.17) is 4.74 Å². The lowest BCUT2D eigenvalue weighted by molar-refractivity contribution is 0.102. The van der Waals surface area contributed by atoms with Gasteiger partial charge in [0.05, 0.1) is 18.0 Å². The molecule has 3 rings (SSSR count). The van der Waals surface area contributed by atoms with E-state index in [1.807, 2.05) is 36.0 Å². The van der Waals surface area contributed by atoms with Gasteiger partial charge in [-0.15, -0.1) is 28.7 Å². The predicted molar refractivity (Wildman–Crippen MR) is 169 cm³/mol.